The van der Waals surface area contributed by atoms with E-state index in [1.807, 2.05) is 18.3 Å². The molecule has 6 heteroatoms. The number of nitrogens with one attached hydrogen (secondary N) is 1. The Morgan fingerprint density at radius 1 is 1.39 bits per heavy atom. The summed E-state index contributed by atoms with van der Waals surface area (Å²) in [5.41, 5.74) is 5.87. The van der Waals surface area contributed by atoms with Crippen LogP contribution >= 0.6 is 0 Å². The number of pyridine rings is 1. The lowest BCUT2D eigenvalue weighted by molar-refractivity contribution is -0.377. The van der Waals surface area contributed by atoms with E-state index in [2.05, 4.69) is 4.98 Å². The van der Waals surface area contributed by atoms with Crippen molar-refractivity contribution in [1.82, 2.24) is 0 Å². The summed E-state index contributed by atoms with van der Waals surface area (Å²) >= 11 is 0. The van der Waals surface area contributed by atoms with Crippen molar-refractivity contribution in [3.05, 3.63) is 54.1 Å². The van der Waals surface area contributed by atoms with Gasteiger partial charge in [0, 0.05) is 6.07 Å². The van der Waals surface area contributed by atoms with Gasteiger partial charge in [0.1, 0.15) is 5.82 Å². The monoisotopic (exact) mass is 250 g/mol. The molecule has 0 aliphatic carbocycles. The second-order valence-corrected chi connectivity index (χ2v) is 3.29. The van der Waals surface area contributed by atoms with Gasteiger partial charge in [-0.1, -0.05) is 11.8 Å². The van der Waals surface area contributed by atoms with E-state index < -0.39 is 17.5 Å². The van der Waals surface area contributed by atoms with Crippen LogP contribution < -0.4 is 15.8 Å². The highest BCUT2D eigenvalue weighted by atomic mass is 19.1. The Morgan fingerprint density at radius 3 is 2.50 bits per heavy atom. The highest BCUT2D eigenvalue weighted by molar-refractivity contribution is 5.87. The van der Waals surface area contributed by atoms with E-state index in [-0.39, 0.29) is 5.56 Å². The molecule has 0 atom stereocenters. The Morgan fingerprint density at radius 2 is 2.11 bits per heavy atom. The van der Waals surface area contributed by atoms with Crippen molar-refractivity contribution >= 4 is 11.7 Å². The third-order valence-corrected chi connectivity index (χ3v) is 1.91. The van der Waals surface area contributed by atoms with Crippen molar-refractivity contribution in [3.63, 3.8) is 0 Å². The molecule has 4 N–H and O–H groups in total. The van der Waals surface area contributed by atoms with E-state index in [1.54, 1.807) is 6.20 Å². The van der Waals surface area contributed by atoms with Gasteiger partial charge in [-0.25, -0.2) is 14.2 Å². The van der Waals surface area contributed by atoms with E-state index in [4.69, 9.17) is 10.8 Å². The molecule has 1 aromatic carbocycles. The highest BCUT2D eigenvalue weighted by Crippen LogP contribution is 2.12. The van der Waals surface area contributed by atoms with Gasteiger partial charge >= 0.3 is 5.97 Å². The number of halogens is 1. The quantitative estimate of drug-likeness (QED) is 0.777. The van der Waals surface area contributed by atoms with Crippen molar-refractivity contribution in [2.24, 2.45) is 0 Å². The number of carboxylic acids is 1. The first-order valence-electron chi connectivity index (χ1n) is 4.92. The summed E-state index contributed by atoms with van der Waals surface area (Å²) in [5, 5.41) is 18.8. The maximum Gasteiger partial charge on any atom is 0.335 e. The Hall–Kier alpha value is -2.63. The summed E-state index contributed by atoms with van der Waals surface area (Å²) in [5.74, 6) is -3.08. The zero-order chi connectivity index (χ0) is 13.5. The van der Waals surface area contributed by atoms with Crippen molar-refractivity contribution < 1.29 is 24.4 Å². The predicted molar refractivity (Wildman–Crippen MR) is 60.2 cm³/mol. The second kappa shape index (κ2) is 6.19. The number of anilines is 1. The number of H-pyrrole nitrogens is 1. The van der Waals surface area contributed by atoms with Gasteiger partial charge < -0.3 is 15.9 Å². The molecule has 0 unspecified atom stereocenters. The van der Waals surface area contributed by atoms with Gasteiger partial charge in [0.25, 0.3) is 0 Å². The summed E-state index contributed by atoms with van der Waals surface area (Å²) in [6.45, 7) is 0. The van der Waals surface area contributed by atoms with Gasteiger partial charge in [0.2, 0.25) is 0 Å². The fourth-order valence-electron chi connectivity index (χ4n) is 1.04. The van der Waals surface area contributed by atoms with Crippen LogP contribution in [0.15, 0.2) is 42.7 Å². The first-order valence-corrected chi connectivity index (χ1v) is 4.92. The van der Waals surface area contributed by atoms with Crippen LogP contribution in [0.25, 0.3) is 0 Å². The topological polar surface area (TPSA) is 101 Å². The van der Waals surface area contributed by atoms with Crippen LogP contribution in [0.1, 0.15) is 10.4 Å². The van der Waals surface area contributed by atoms with E-state index in [9.17, 15) is 14.3 Å². The Balaban J connectivity index is 0.000000199. The summed E-state index contributed by atoms with van der Waals surface area (Å²) in [6, 6.07) is 6.34. The van der Waals surface area contributed by atoms with Gasteiger partial charge in [0.05, 0.1) is 11.3 Å². The molecule has 0 spiro atoms. The van der Waals surface area contributed by atoms with E-state index in [0.29, 0.717) is 6.07 Å². The van der Waals surface area contributed by atoms with Gasteiger partial charge in [-0.3, -0.25) is 0 Å². The lowest BCUT2D eigenvalue weighted by Gasteiger charge is -2.05. The third-order valence-electron chi connectivity index (χ3n) is 1.91. The van der Waals surface area contributed by atoms with Crippen LogP contribution in [-0.4, -0.2) is 11.1 Å². The Bertz CT molecular complexity index is 532. The van der Waals surface area contributed by atoms with Crippen LogP contribution in [0.3, 0.4) is 0 Å². The standard InChI is InChI=1S/C7H5FO3.C5H6N2/c8-5-3-4(7(10)11)1-2-6(5)9;6-5-2-1-3-7-4-5/h1-3,9H,(H,10,11);1-4H,6H2. The molecule has 1 aromatic heterocycles. The van der Waals surface area contributed by atoms with Gasteiger partial charge in [-0.05, 0) is 18.2 Å². The average Bonchev–Trinajstić information content (AvgIpc) is 2.34. The number of carboxylic acid groups (broad SMARTS) is 1. The minimum atomic E-state index is -1.25. The lowest BCUT2D eigenvalue weighted by atomic mass is 10.2. The van der Waals surface area contributed by atoms with E-state index in [0.717, 1.165) is 17.8 Å². The molecule has 0 saturated carbocycles. The van der Waals surface area contributed by atoms with E-state index in [1.165, 1.54) is 0 Å². The number of hydrogen-bond acceptors (Lipinski definition) is 3. The minimum absolute atomic E-state index is 0.220. The Labute approximate surface area is 102 Å². The van der Waals surface area contributed by atoms with Crippen LogP contribution in [0.5, 0.6) is 5.75 Å². The SMILES string of the molecule is Nc1ccc[nH+]c1.O=C(O)c1ccc([O-])c(F)c1. The van der Waals surface area contributed by atoms with Gasteiger partial charge in [-0.2, -0.15) is 0 Å². The first-order chi connectivity index (χ1) is 8.50. The predicted octanol–water partition coefficient (Wildman–Crippen LogP) is 0.680. The maximum absolute atomic E-state index is 12.4. The van der Waals surface area contributed by atoms with Crippen LogP contribution in [-0.2, 0) is 0 Å². The molecule has 2 rings (SSSR count). The zero-order valence-corrected chi connectivity index (χ0v) is 9.26. The summed E-state index contributed by atoms with van der Waals surface area (Å²) in [6.07, 6.45) is 3.55. The van der Waals surface area contributed by atoms with Crippen molar-refractivity contribution in [1.29, 1.82) is 0 Å². The van der Waals surface area contributed by atoms with Crippen LogP contribution in [0.4, 0.5) is 10.1 Å². The van der Waals surface area contributed by atoms with Crippen LogP contribution in [0, 0.1) is 5.82 Å². The first kappa shape index (κ1) is 13.4. The van der Waals surface area contributed by atoms with Crippen molar-refractivity contribution in [2.75, 3.05) is 5.73 Å². The number of aromatic nitrogens is 1. The summed E-state index contributed by atoms with van der Waals surface area (Å²) in [7, 11) is 0. The molecule has 0 radical (unpaired) electrons. The van der Waals surface area contributed by atoms with Crippen molar-refractivity contribution in [3.8, 4) is 5.75 Å². The molecule has 94 valence electrons. The van der Waals surface area contributed by atoms with Crippen LogP contribution in [0.2, 0.25) is 0 Å². The molecule has 2 aromatic rings. The largest absolute Gasteiger partial charge is 0.870 e. The number of aromatic carboxylic acids is 1. The number of aromatic amines is 1. The molecular formula is C12H11FN2O3. The molecule has 5 nitrogen and oxygen atoms in total. The highest BCUT2D eigenvalue weighted by Gasteiger charge is 2.02. The fraction of sp³-hybridized carbons (Fsp3) is 0. The van der Waals surface area contributed by atoms with Crippen molar-refractivity contribution in [2.45, 2.75) is 0 Å². The molecule has 0 bridgehead atoms. The molecule has 18 heavy (non-hydrogen) atoms. The summed E-state index contributed by atoms with van der Waals surface area (Å²) in [4.78, 5) is 13.0. The maximum atomic E-state index is 12.4. The van der Waals surface area contributed by atoms with Gasteiger partial charge in [0.15, 0.2) is 12.4 Å². The second-order valence-electron chi connectivity index (χ2n) is 3.29. The smallest absolute Gasteiger partial charge is 0.335 e. The third kappa shape index (κ3) is 4.09. The molecule has 0 aliphatic heterocycles. The normalized spacial score (nSPS) is 9.17. The van der Waals surface area contributed by atoms with E-state index >= 15 is 0 Å². The molecule has 1 heterocycles. The lowest BCUT2D eigenvalue weighted by Crippen LogP contribution is -2.00. The molecule has 0 fully saturated rings. The number of nitrogens with two attached hydrogens (primary N) is 1. The average molecular weight is 250 g/mol. The molecule has 0 amide bonds. The number of hydrogen-bond donors (Lipinski definition) is 2. The van der Waals surface area contributed by atoms with Gasteiger partial charge in [-0.15, -0.1) is 0 Å². The number of carbonyl (C=O) groups is 1. The minimum Gasteiger partial charge on any atom is -0.870 e. The molecular weight excluding hydrogens is 239 g/mol. The number of nitrogen functional groups attached to an aromatic ring is 1. The summed E-state index contributed by atoms with van der Waals surface area (Å²) < 4.78 is 12.4. The fourth-order valence-corrected chi connectivity index (χ4v) is 1.04. The molecule has 0 aliphatic rings. The number of rotatable bonds is 1. The number of benzene rings is 1. The molecule has 0 saturated heterocycles. The zero-order valence-electron chi connectivity index (χ0n) is 9.26. The Kier molecular flexibility index (Phi) is 4.62.